The van der Waals surface area contributed by atoms with Gasteiger partial charge in [0, 0.05) is 37.6 Å². The SMILES string of the molecule is Cc1ccccc1CN1CCN(C(C)C(=O)Nc2sc3c(c2C(N)=O)CCC3)CC1. The van der Waals surface area contributed by atoms with Crippen LogP contribution in [0.3, 0.4) is 0 Å². The van der Waals surface area contributed by atoms with Crippen molar-refractivity contribution in [1.82, 2.24) is 9.80 Å². The van der Waals surface area contributed by atoms with Crippen LogP contribution >= 0.6 is 11.3 Å². The summed E-state index contributed by atoms with van der Waals surface area (Å²) in [6.45, 7) is 8.62. The van der Waals surface area contributed by atoms with Gasteiger partial charge in [-0.25, -0.2) is 0 Å². The summed E-state index contributed by atoms with van der Waals surface area (Å²) in [5.41, 5.74) is 9.87. The van der Waals surface area contributed by atoms with Crippen LogP contribution in [0.25, 0.3) is 0 Å². The number of anilines is 1. The number of nitrogens with zero attached hydrogens (tertiary/aromatic N) is 2. The molecule has 3 N–H and O–H groups in total. The first-order chi connectivity index (χ1) is 14.4. The van der Waals surface area contributed by atoms with Crippen molar-refractivity contribution in [2.24, 2.45) is 5.73 Å². The molecule has 0 spiro atoms. The van der Waals surface area contributed by atoms with Gasteiger partial charge in [-0.2, -0.15) is 0 Å². The molecule has 1 fully saturated rings. The van der Waals surface area contributed by atoms with E-state index in [1.54, 1.807) is 0 Å². The predicted octanol–water partition coefficient (Wildman–Crippen LogP) is 2.79. The maximum absolute atomic E-state index is 12.9. The normalized spacial score (nSPS) is 18.2. The Kier molecular flexibility index (Phi) is 6.22. The van der Waals surface area contributed by atoms with E-state index in [0.29, 0.717) is 10.6 Å². The molecule has 2 heterocycles. The number of thiophene rings is 1. The molecule has 1 unspecified atom stereocenters. The van der Waals surface area contributed by atoms with Gasteiger partial charge >= 0.3 is 0 Å². The van der Waals surface area contributed by atoms with Crippen LogP contribution in [0.2, 0.25) is 0 Å². The van der Waals surface area contributed by atoms with Gasteiger partial charge in [-0.1, -0.05) is 24.3 Å². The average Bonchev–Trinajstić information content (AvgIpc) is 3.30. The smallest absolute Gasteiger partial charge is 0.251 e. The average molecular weight is 427 g/mol. The zero-order valence-electron chi connectivity index (χ0n) is 17.7. The molecular formula is C23H30N4O2S. The van der Waals surface area contributed by atoms with Crippen LogP contribution in [-0.4, -0.2) is 53.8 Å². The molecule has 0 radical (unpaired) electrons. The van der Waals surface area contributed by atoms with Crippen LogP contribution in [0, 0.1) is 6.92 Å². The number of fused-ring (bicyclic) bond motifs is 1. The number of carbonyl (C=O) groups excluding carboxylic acids is 2. The van der Waals surface area contributed by atoms with E-state index < -0.39 is 5.91 Å². The van der Waals surface area contributed by atoms with E-state index in [1.807, 2.05) is 6.92 Å². The molecule has 4 rings (SSSR count). The number of carbonyl (C=O) groups is 2. The number of hydrogen-bond donors (Lipinski definition) is 2. The van der Waals surface area contributed by atoms with E-state index in [2.05, 4.69) is 46.3 Å². The van der Waals surface area contributed by atoms with Crippen molar-refractivity contribution in [2.75, 3.05) is 31.5 Å². The van der Waals surface area contributed by atoms with E-state index >= 15 is 0 Å². The monoisotopic (exact) mass is 426 g/mol. The summed E-state index contributed by atoms with van der Waals surface area (Å²) in [7, 11) is 0. The fourth-order valence-corrected chi connectivity index (χ4v) is 5.77. The predicted molar refractivity (Wildman–Crippen MR) is 121 cm³/mol. The van der Waals surface area contributed by atoms with Crippen LogP contribution < -0.4 is 11.1 Å². The Bertz CT molecular complexity index is 947. The highest BCUT2D eigenvalue weighted by Crippen LogP contribution is 2.38. The number of nitrogens with two attached hydrogens (primary N) is 1. The Morgan fingerprint density at radius 1 is 1.17 bits per heavy atom. The Labute approximate surface area is 182 Å². The molecule has 7 heteroatoms. The maximum atomic E-state index is 12.9. The highest BCUT2D eigenvalue weighted by molar-refractivity contribution is 7.17. The summed E-state index contributed by atoms with van der Waals surface area (Å²) >= 11 is 1.51. The lowest BCUT2D eigenvalue weighted by Gasteiger charge is -2.37. The first-order valence-corrected chi connectivity index (χ1v) is 11.5. The van der Waals surface area contributed by atoms with Crippen molar-refractivity contribution in [1.29, 1.82) is 0 Å². The first-order valence-electron chi connectivity index (χ1n) is 10.7. The molecular weight excluding hydrogens is 396 g/mol. The van der Waals surface area contributed by atoms with Gasteiger partial charge in [0.1, 0.15) is 5.00 Å². The number of aryl methyl sites for hydroxylation is 2. The minimum Gasteiger partial charge on any atom is -0.365 e. The van der Waals surface area contributed by atoms with E-state index in [0.717, 1.165) is 57.5 Å². The molecule has 2 amide bonds. The van der Waals surface area contributed by atoms with Crippen molar-refractivity contribution in [3.05, 3.63) is 51.4 Å². The van der Waals surface area contributed by atoms with Gasteiger partial charge in [-0.05, 0) is 49.8 Å². The van der Waals surface area contributed by atoms with E-state index in [9.17, 15) is 9.59 Å². The van der Waals surface area contributed by atoms with Gasteiger partial charge in [-0.3, -0.25) is 19.4 Å². The van der Waals surface area contributed by atoms with Gasteiger partial charge in [-0.15, -0.1) is 11.3 Å². The van der Waals surface area contributed by atoms with Crippen molar-refractivity contribution in [3.63, 3.8) is 0 Å². The molecule has 1 atom stereocenters. The second-order valence-electron chi connectivity index (χ2n) is 8.33. The lowest BCUT2D eigenvalue weighted by molar-refractivity contribution is -0.121. The van der Waals surface area contributed by atoms with Gasteiger partial charge in [0.25, 0.3) is 5.91 Å². The Morgan fingerprint density at radius 3 is 2.60 bits per heavy atom. The number of rotatable bonds is 6. The molecule has 2 aromatic rings. The second kappa shape index (κ2) is 8.88. The molecule has 2 aliphatic rings. The molecule has 6 nitrogen and oxygen atoms in total. The number of hydrogen-bond acceptors (Lipinski definition) is 5. The van der Waals surface area contributed by atoms with E-state index in [4.69, 9.17) is 5.73 Å². The molecule has 1 saturated heterocycles. The van der Waals surface area contributed by atoms with Crippen molar-refractivity contribution in [2.45, 2.75) is 45.7 Å². The second-order valence-corrected chi connectivity index (χ2v) is 9.43. The highest BCUT2D eigenvalue weighted by atomic mass is 32.1. The van der Waals surface area contributed by atoms with Crippen LogP contribution in [0.1, 0.15) is 45.3 Å². The summed E-state index contributed by atoms with van der Waals surface area (Å²) < 4.78 is 0. The summed E-state index contributed by atoms with van der Waals surface area (Å²) in [6, 6.07) is 8.25. The minimum absolute atomic E-state index is 0.0650. The lowest BCUT2D eigenvalue weighted by Crippen LogP contribution is -2.52. The van der Waals surface area contributed by atoms with E-state index in [1.165, 1.54) is 27.3 Å². The van der Waals surface area contributed by atoms with Gasteiger partial charge in [0.15, 0.2) is 0 Å². The number of nitrogens with one attached hydrogen (secondary N) is 1. The maximum Gasteiger partial charge on any atom is 0.251 e. The third-order valence-electron chi connectivity index (χ3n) is 6.39. The van der Waals surface area contributed by atoms with Crippen molar-refractivity contribution >= 4 is 28.2 Å². The molecule has 0 saturated carbocycles. The summed E-state index contributed by atoms with van der Waals surface area (Å²) in [5.74, 6) is -0.507. The molecule has 1 aromatic carbocycles. The highest BCUT2D eigenvalue weighted by Gasteiger charge is 2.29. The standard InChI is InChI=1S/C23H30N4O2S/c1-15-6-3-4-7-17(15)14-26-10-12-27(13-11-26)16(2)22(29)25-23-20(21(24)28)18-8-5-9-19(18)30-23/h3-4,6-7,16H,5,8-14H2,1-2H3,(H2,24,28)(H,25,29). The van der Waals surface area contributed by atoms with Crippen molar-refractivity contribution in [3.8, 4) is 0 Å². The fourth-order valence-electron chi connectivity index (χ4n) is 4.47. The summed E-state index contributed by atoms with van der Waals surface area (Å²) in [6.07, 6.45) is 2.89. The zero-order valence-corrected chi connectivity index (χ0v) is 18.6. The topological polar surface area (TPSA) is 78.7 Å². The van der Waals surface area contributed by atoms with Crippen LogP contribution in [-0.2, 0) is 24.2 Å². The number of amides is 2. The van der Waals surface area contributed by atoms with Crippen LogP contribution in [0.5, 0.6) is 0 Å². The third kappa shape index (κ3) is 4.29. The molecule has 1 aromatic heterocycles. The summed E-state index contributed by atoms with van der Waals surface area (Å²) in [4.78, 5) is 30.7. The lowest BCUT2D eigenvalue weighted by atomic mass is 10.1. The minimum atomic E-state index is -0.442. The third-order valence-corrected chi connectivity index (χ3v) is 7.60. The number of benzene rings is 1. The van der Waals surface area contributed by atoms with Crippen molar-refractivity contribution < 1.29 is 9.59 Å². The van der Waals surface area contributed by atoms with Crippen LogP contribution in [0.15, 0.2) is 24.3 Å². The zero-order chi connectivity index (χ0) is 21.3. The Balaban J connectivity index is 1.35. The molecule has 160 valence electrons. The molecule has 1 aliphatic heterocycles. The number of primary amides is 1. The van der Waals surface area contributed by atoms with E-state index in [-0.39, 0.29) is 11.9 Å². The largest absolute Gasteiger partial charge is 0.365 e. The van der Waals surface area contributed by atoms with Gasteiger partial charge in [0.05, 0.1) is 11.6 Å². The Morgan fingerprint density at radius 2 is 1.90 bits per heavy atom. The van der Waals surface area contributed by atoms with Gasteiger partial charge in [0.2, 0.25) is 5.91 Å². The molecule has 0 bridgehead atoms. The van der Waals surface area contributed by atoms with Gasteiger partial charge < -0.3 is 11.1 Å². The summed E-state index contributed by atoms with van der Waals surface area (Å²) in [5, 5.41) is 3.63. The molecule has 30 heavy (non-hydrogen) atoms. The molecule has 1 aliphatic carbocycles. The van der Waals surface area contributed by atoms with Crippen LogP contribution in [0.4, 0.5) is 5.00 Å². The fraction of sp³-hybridized carbons (Fsp3) is 0.478. The number of piperazine rings is 1. The Hall–Kier alpha value is -2.22. The first kappa shape index (κ1) is 21.0. The quantitative estimate of drug-likeness (QED) is 0.745.